The van der Waals surface area contributed by atoms with Gasteiger partial charge < -0.3 is 15.4 Å². The van der Waals surface area contributed by atoms with Gasteiger partial charge in [0.2, 0.25) is 0 Å². The van der Waals surface area contributed by atoms with E-state index in [1.54, 1.807) is 7.05 Å². The van der Waals surface area contributed by atoms with Crippen LogP contribution in [-0.4, -0.2) is 63.8 Å². The molecule has 1 aliphatic rings. The number of rotatable bonds is 5. The van der Waals surface area contributed by atoms with E-state index in [2.05, 4.69) is 43.0 Å². The second-order valence-electron chi connectivity index (χ2n) is 3.82. The third-order valence-electron chi connectivity index (χ3n) is 2.50. The Morgan fingerprint density at radius 3 is 2.61 bits per heavy atom. The summed E-state index contributed by atoms with van der Waals surface area (Å²) in [5.74, 6) is 0.804. The van der Waals surface area contributed by atoms with E-state index in [9.17, 15) is 0 Å². The van der Waals surface area contributed by atoms with Crippen molar-refractivity contribution in [3.8, 4) is 0 Å². The molecular weight excluding hydrogens is 411 g/mol. The molecule has 18 heavy (non-hydrogen) atoms. The van der Waals surface area contributed by atoms with Gasteiger partial charge in [-0.2, -0.15) is 0 Å². The second-order valence-corrected chi connectivity index (χ2v) is 4.95. The van der Waals surface area contributed by atoms with Gasteiger partial charge in [0.15, 0.2) is 5.96 Å². The number of guanidine groups is 1. The van der Waals surface area contributed by atoms with Gasteiger partial charge in [-0.25, -0.2) is 0 Å². The predicted octanol–water partition coefficient (Wildman–Crippen LogP) is 1.01. The monoisotopic (exact) mass is 432 g/mol. The lowest BCUT2D eigenvalue weighted by atomic mass is 10.4. The van der Waals surface area contributed by atoms with E-state index >= 15 is 0 Å². The molecule has 7 heteroatoms. The van der Waals surface area contributed by atoms with Crippen LogP contribution in [0.3, 0.4) is 0 Å². The van der Waals surface area contributed by atoms with Crippen molar-refractivity contribution in [1.29, 1.82) is 0 Å². The normalized spacial score (nSPS) is 16.9. The minimum atomic E-state index is 0. The van der Waals surface area contributed by atoms with E-state index in [0.29, 0.717) is 6.54 Å². The first-order chi connectivity index (χ1) is 8.22. The summed E-state index contributed by atoms with van der Waals surface area (Å²) < 4.78 is 6.21. The van der Waals surface area contributed by atoms with Crippen molar-refractivity contribution in [1.82, 2.24) is 15.5 Å². The van der Waals surface area contributed by atoms with Crippen molar-refractivity contribution in [3.05, 3.63) is 11.1 Å². The lowest BCUT2D eigenvalue weighted by molar-refractivity contribution is 0.0389. The molecule has 0 atom stereocenters. The summed E-state index contributed by atoms with van der Waals surface area (Å²) in [4.78, 5) is 6.51. The SMILES string of the molecule is C=C(Br)CNC(=NC)NCCN1CCOCC1.I. The highest BCUT2D eigenvalue weighted by Crippen LogP contribution is 1.96. The lowest BCUT2D eigenvalue weighted by Gasteiger charge is -2.26. The zero-order chi connectivity index (χ0) is 12.5. The molecule has 0 spiro atoms. The third kappa shape index (κ3) is 8.28. The number of aliphatic imine (C=N–C) groups is 1. The molecule has 1 heterocycles. The molecule has 1 saturated heterocycles. The Balaban J connectivity index is 0.00000289. The van der Waals surface area contributed by atoms with E-state index < -0.39 is 0 Å². The molecule has 0 saturated carbocycles. The van der Waals surface area contributed by atoms with Gasteiger partial charge in [0.1, 0.15) is 0 Å². The van der Waals surface area contributed by atoms with Gasteiger partial charge in [-0.3, -0.25) is 9.89 Å². The Kier molecular flexibility index (Phi) is 11.1. The van der Waals surface area contributed by atoms with Crippen molar-refractivity contribution in [2.45, 2.75) is 0 Å². The molecule has 5 nitrogen and oxygen atoms in total. The van der Waals surface area contributed by atoms with Crippen molar-refractivity contribution in [2.75, 3.05) is 53.0 Å². The summed E-state index contributed by atoms with van der Waals surface area (Å²) in [6, 6.07) is 0. The zero-order valence-electron chi connectivity index (χ0n) is 10.7. The van der Waals surface area contributed by atoms with E-state index in [1.165, 1.54) is 0 Å². The van der Waals surface area contributed by atoms with Gasteiger partial charge in [0.05, 0.1) is 13.2 Å². The Morgan fingerprint density at radius 1 is 1.39 bits per heavy atom. The van der Waals surface area contributed by atoms with E-state index in [0.717, 1.165) is 49.8 Å². The maximum Gasteiger partial charge on any atom is 0.191 e. The number of hydrogen-bond acceptors (Lipinski definition) is 3. The topological polar surface area (TPSA) is 48.9 Å². The van der Waals surface area contributed by atoms with Crippen LogP contribution in [0, 0.1) is 0 Å². The van der Waals surface area contributed by atoms with Crippen LogP contribution in [0.25, 0.3) is 0 Å². The molecule has 1 fully saturated rings. The van der Waals surface area contributed by atoms with Crippen molar-refractivity contribution in [2.24, 2.45) is 4.99 Å². The quantitative estimate of drug-likeness (QED) is 0.386. The number of halogens is 2. The fourth-order valence-electron chi connectivity index (χ4n) is 1.56. The van der Waals surface area contributed by atoms with Gasteiger partial charge in [-0.05, 0) is 0 Å². The highest BCUT2D eigenvalue weighted by molar-refractivity contribution is 14.0. The van der Waals surface area contributed by atoms with E-state index in [1.807, 2.05) is 0 Å². The Labute approximate surface area is 135 Å². The van der Waals surface area contributed by atoms with Crippen LogP contribution in [0.1, 0.15) is 0 Å². The fourth-order valence-corrected chi connectivity index (χ4v) is 1.70. The molecule has 0 aliphatic carbocycles. The summed E-state index contributed by atoms with van der Waals surface area (Å²) >= 11 is 3.30. The molecule has 2 N–H and O–H groups in total. The van der Waals surface area contributed by atoms with Crippen LogP contribution in [0.2, 0.25) is 0 Å². The average Bonchev–Trinajstić information content (AvgIpc) is 2.34. The largest absolute Gasteiger partial charge is 0.379 e. The Bertz CT molecular complexity index is 270. The van der Waals surface area contributed by atoms with Crippen LogP contribution in [0.15, 0.2) is 16.1 Å². The first-order valence-electron chi connectivity index (χ1n) is 5.80. The van der Waals surface area contributed by atoms with E-state index in [-0.39, 0.29) is 24.0 Å². The summed E-state index contributed by atoms with van der Waals surface area (Å²) in [6.45, 7) is 10.1. The minimum absolute atomic E-state index is 0. The molecule has 0 aromatic rings. The average molecular weight is 433 g/mol. The molecule has 0 amide bonds. The molecule has 0 aromatic carbocycles. The first kappa shape index (κ1) is 18.1. The third-order valence-corrected chi connectivity index (χ3v) is 2.78. The van der Waals surface area contributed by atoms with Gasteiger partial charge >= 0.3 is 0 Å². The Hall–Kier alpha value is 0.140. The highest BCUT2D eigenvalue weighted by Gasteiger charge is 2.09. The van der Waals surface area contributed by atoms with Gasteiger partial charge in [-0.15, -0.1) is 24.0 Å². The fraction of sp³-hybridized carbons (Fsp3) is 0.727. The van der Waals surface area contributed by atoms with Crippen LogP contribution < -0.4 is 10.6 Å². The van der Waals surface area contributed by atoms with Crippen molar-refractivity contribution in [3.63, 3.8) is 0 Å². The number of hydrogen-bond donors (Lipinski definition) is 2. The van der Waals surface area contributed by atoms with Gasteiger partial charge in [-0.1, -0.05) is 22.5 Å². The molecule has 0 aromatic heterocycles. The maximum absolute atomic E-state index is 5.30. The Morgan fingerprint density at radius 2 is 2.06 bits per heavy atom. The molecule has 0 radical (unpaired) electrons. The number of nitrogens with zero attached hydrogens (tertiary/aromatic N) is 2. The summed E-state index contributed by atoms with van der Waals surface area (Å²) in [6.07, 6.45) is 0. The minimum Gasteiger partial charge on any atom is -0.379 e. The molecule has 1 aliphatic heterocycles. The lowest BCUT2D eigenvalue weighted by Crippen LogP contribution is -2.44. The number of morpholine rings is 1. The first-order valence-corrected chi connectivity index (χ1v) is 6.59. The highest BCUT2D eigenvalue weighted by atomic mass is 127. The van der Waals surface area contributed by atoms with Crippen LogP contribution >= 0.6 is 39.9 Å². The maximum atomic E-state index is 5.30. The smallest absolute Gasteiger partial charge is 0.191 e. The van der Waals surface area contributed by atoms with Crippen LogP contribution in [-0.2, 0) is 4.74 Å². The summed E-state index contributed by atoms with van der Waals surface area (Å²) in [7, 11) is 1.76. The molecular formula is C11H22BrIN4O. The zero-order valence-corrected chi connectivity index (χ0v) is 14.7. The summed E-state index contributed by atoms with van der Waals surface area (Å²) in [5.41, 5.74) is 0. The summed E-state index contributed by atoms with van der Waals surface area (Å²) in [5, 5.41) is 6.42. The van der Waals surface area contributed by atoms with Gasteiger partial charge in [0.25, 0.3) is 0 Å². The second kappa shape index (κ2) is 11.0. The molecule has 0 unspecified atom stereocenters. The predicted molar refractivity (Wildman–Crippen MR) is 90.1 cm³/mol. The number of ether oxygens (including phenoxy) is 1. The van der Waals surface area contributed by atoms with Crippen LogP contribution in [0.5, 0.6) is 0 Å². The molecule has 0 bridgehead atoms. The van der Waals surface area contributed by atoms with Gasteiger partial charge in [0, 0.05) is 44.3 Å². The van der Waals surface area contributed by atoms with Crippen molar-refractivity contribution < 1.29 is 4.74 Å². The number of nitrogens with one attached hydrogen (secondary N) is 2. The van der Waals surface area contributed by atoms with Crippen molar-refractivity contribution >= 4 is 45.9 Å². The van der Waals surface area contributed by atoms with Crippen LogP contribution in [0.4, 0.5) is 0 Å². The molecule has 106 valence electrons. The molecule has 1 rings (SSSR count). The standard InChI is InChI=1S/C11H21BrN4O.HI/c1-10(12)9-15-11(13-2)14-3-4-16-5-7-17-8-6-16;/h1,3-9H2,2H3,(H2,13,14,15);1H. The van der Waals surface area contributed by atoms with E-state index in [4.69, 9.17) is 4.74 Å².